The topological polar surface area (TPSA) is 78.9 Å². The van der Waals surface area contributed by atoms with Crippen LogP contribution in [0.2, 0.25) is 0 Å². The molecule has 4 heterocycles. The second-order valence-electron chi connectivity index (χ2n) is 9.53. The summed E-state index contributed by atoms with van der Waals surface area (Å²) in [7, 11) is 0. The SMILES string of the molecule is CCOC(=O)C1CCN(C(=O)C2CCN(c3ccc(N4CCC(C)CC4)nn3)CC2)CC1. The highest BCUT2D eigenvalue weighted by atomic mass is 16.5. The fraction of sp³-hybridized carbons (Fsp3) is 0.750. The molecule has 3 aliphatic heterocycles. The van der Waals surface area contributed by atoms with Crippen molar-refractivity contribution in [2.75, 3.05) is 55.7 Å². The van der Waals surface area contributed by atoms with Crippen LogP contribution in [0.1, 0.15) is 52.4 Å². The van der Waals surface area contributed by atoms with Crippen molar-refractivity contribution >= 4 is 23.5 Å². The van der Waals surface area contributed by atoms with Gasteiger partial charge in [0.2, 0.25) is 5.91 Å². The van der Waals surface area contributed by atoms with Crippen LogP contribution in [0.5, 0.6) is 0 Å². The van der Waals surface area contributed by atoms with E-state index in [0.717, 1.165) is 56.6 Å². The van der Waals surface area contributed by atoms with Gasteiger partial charge in [-0.3, -0.25) is 9.59 Å². The van der Waals surface area contributed by atoms with Crippen molar-refractivity contribution in [2.45, 2.75) is 52.4 Å². The summed E-state index contributed by atoms with van der Waals surface area (Å²) < 4.78 is 5.13. The van der Waals surface area contributed by atoms with E-state index < -0.39 is 0 Å². The third-order valence-electron chi connectivity index (χ3n) is 7.34. The zero-order valence-electron chi connectivity index (χ0n) is 19.5. The number of rotatable bonds is 5. The first-order chi connectivity index (χ1) is 15.5. The number of esters is 1. The Morgan fingerprint density at radius 3 is 1.84 bits per heavy atom. The summed E-state index contributed by atoms with van der Waals surface area (Å²) in [4.78, 5) is 31.4. The number of ether oxygens (including phenoxy) is 1. The van der Waals surface area contributed by atoms with E-state index in [9.17, 15) is 9.59 Å². The van der Waals surface area contributed by atoms with Crippen LogP contribution in [-0.2, 0) is 14.3 Å². The van der Waals surface area contributed by atoms with Gasteiger partial charge in [-0.1, -0.05) is 6.92 Å². The van der Waals surface area contributed by atoms with Gasteiger partial charge in [0.15, 0.2) is 11.6 Å². The summed E-state index contributed by atoms with van der Waals surface area (Å²) in [5.41, 5.74) is 0. The lowest BCUT2D eigenvalue weighted by Gasteiger charge is -2.37. The van der Waals surface area contributed by atoms with E-state index in [1.54, 1.807) is 0 Å². The Morgan fingerprint density at radius 1 is 0.844 bits per heavy atom. The molecule has 0 radical (unpaired) electrons. The van der Waals surface area contributed by atoms with Gasteiger partial charge >= 0.3 is 5.97 Å². The molecule has 3 fully saturated rings. The Morgan fingerprint density at radius 2 is 1.34 bits per heavy atom. The van der Waals surface area contributed by atoms with Crippen LogP contribution < -0.4 is 9.80 Å². The summed E-state index contributed by atoms with van der Waals surface area (Å²) in [6, 6.07) is 4.16. The van der Waals surface area contributed by atoms with E-state index in [2.05, 4.69) is 39.1 Å². The lowest BCUT2D eigenvalue weighted by molar-refractivity contribution is -0.151. The van der Waals surface area contributed by atoms with Crippen molar-refractivity contribution in [1.82, 2.24) is 15.1 Å². The van der Waals surface area contributed by atoms with Crippen LogP contribution in [0.4, 0.5) is 11.6 Å². The number of anilines is 2. The van der Waals surface area contributed by atoms with Gasteiger partial charge in [0.05, 0.1) is 12.5 Å². The second-order valence-corrected chi connectivity index (χ2v) is 9.53. The predicted molar refractivity (Wildman–Crippen MR) is 124 cm³/mol. The summed E-state index contributed by atoms with van der Waals surface area (Å²) in [6.07, 6.45) is 5.52. The Bertz CT molecular complexity index is 762. The predicted octanol–water partition coefficient (Wildman–Crippen LogP) is 2.73. The molecule has 0 spiro atoms. The van der Waals surface area contributed by atoms with Gasteiger partial charge < -0.3 is 19.4 Å². The van der Waals surface area contributed by atoms with Gasteiger partial charge in [0, 0.05) is 45.2 Å². The van der Waals surface area contributed by atoms with Crippen LogP contribution in [0.15, 0.2) is 12.1 Å². The highest BCUT2D eigenvalue weighted by molar-refractivity contribution is 5.80. The van der Waals surface area contributed by atoms with Gasteiger partial charge in [-0.15, -0.1) is 10.2 Å². The molecule has 0 atom stereocenters. The van der Waals surface area contributed by atoms with E-state index in [1.165, 1.54) is 12.8 Å². The Hall–Kier alpha value is -2.38. The smallest absolute Gasteiger partial charge is 0.309 e. The molecular formula is C24H37N5O3. The lowest BCUT2D eigenvalue weighted by atomic mass is 9.92. The molecule has 0 bridgehead atoms. The molecule has 3 saturated heterocycles. The van der Waals surface area contributed by atoms with Crippen LogP contribution >= 0.6 is 0 Å². The molecule has 8 nitrogen and oxygen atoms in total. The van der Waals surface area contributed by atoms with E-state index in [0.29, 0.717) is 32.5 Å². The quantitative estimate of drug-likeness (QED) is 0.648. The number of amides is 1. The van der Waals surface area contributed by atoms with Crippen molar-refractivity contribution in [3.8, 4) is 0 Å². The van der Waals surface area contributed by atoms with Gasteiger partial charge in [-0.25, -0.2) is 0 Å². The number of aromatic nitrogens is 2. The minimum atomic E-state index is -0.116. The third kappa shape index (κ3) is 5.33. The van der Waals surface area contributed by atoms with Crippen LogP contribution in [-0.4, -0.2) is 72.8 Å². The molecule has 3 aliphatic rings. The molecule has 1 aromatic rings. The average Bonchev–Trinajstić information content (AvgIpc) is 2.84. The molecule has 0 saturated carbocycles. The zero-order chi connectivity index (χ0) is 22.5. The van der Waals surface area contributed by atoms with Crippen molar-refractivity contribution < 1.29 is 14.3 Å². The number of hydrogen-bond acceptors (Lipinski definition) is 7. The third-order valence-corrected chi connectivity index (χ3v) is 7.34. The summed E-state index contributed by atoms with van der Waals surface area (Å²) >= 11 is 0. The van der Waals surface area contributed by atoms with Crippen molar-refractivity contribution in [3.05, 3.63) is 12.1 Å². The van der Waals surface area contributed by atoms with Crippen LogP contribution in [0.25, 0.3) is 0 Å². The van der Waals surface area contributed by atoms with Crippen LogP contribution in [0.3, 0.4) is 0 Å². The summed E-state index contributed by atoms with van der Waals surface area (Å²) in [6.45, 7) is 9.63. The van der Waals surface area contributed by atoms with Gasteiger partial charge in [-0.05, 0) is 63.5 Å². The normalized spacial score (nSPS) is 21.6. The molecular weight excluding hydrogens is 406 g/mol. The fourth-order valence-electron chi connectivity index (χ4n) is 5.10. The van der Waals surface area contributed by atoms with Gasteiger partial charge in [0.1, 0.15) is 0 Å². The number of hydrogen-bond donors (Lipinski definition) is 0. The van der Waals surface area contributed by atoms with Crippen molar-refractivity contribution in [1.29, 1.82) is 0 Å². The standard InChI is InChI=1S/C24H37N5O3/c1-3-32-24(31)20-10-16-29(17-11-20)23(30)19-8-14-28(15-9-19)22-5-4-21(25-26-22)27-12-6-18(2)7-13-27/h4-5,18-20H,3,6-17H2,1-2H3. The van der Waals surface area contributed by atoms with E-state index >= 15 is 0 Å². The molecule has 0 N–H and O–H groups in total. The maximum absolute atomic E-state index is 13.0. The number of likely N-dealkylation sites (tertiary alicyclic amines) is 1. The maximum atomic E-state index is 13.0. The van der Waals surface area contributed by atoms with E-state index in [-0.39, 0.29) is 23.7 Å². The molecule has 0 unspecified atom stereocenters. The lowest BCUT2D eigenvalue weighted by Crippen LogP contribution is -2.46. The van der Waals surface area contributed by atoms with E-state index in [1.807, 2.05) is 11.8 Å². The highest BCUT2D eigenvalue weighted by Crippen LogP contribution is 2.27. The summed E-state index contributed by atoms with van der Waals surface area (Å²) in [5, 5.41) is 8.98. The van der Waals surface area contributed by atoms with E-state index in [4.69, 9.17) is 4.74 Å². The summed E-state index contributed by atoms with van der Waals surface area (Å²) in [5.74, 6) is 2.80. The highest BCUT2D eigenvalue weighted by Gasteiger charge is 2.33. The first-order valence-electron chi connectivity index (χ1n) is 12.3. The van der Waals surface area contributed by atoms with Crippen molar-refractivity contribution in [3.63, 3.8) is 0 Å². The Kier molecular flexibility index (Phi) is 7.48. The number of carbonyl (C=O) groups excluding carboxylic acids is 2. The first kappa shape index (κ1) is 22.8. The second kappa shape index (κ2) is 10.5. The zero-order valence-corrected chi connectivity index (χ0v) is 19.5. The Balaban J connectivity index is 1.23. The molecule has 0 aromatic carbocycles. The number of carbonyl (C=O) groups is 2. The molecule has 176 valence electrons. The average molecular weight is 444 g/mol. The maximum Gasteiger partial charge on any atom is 0.309 e. The molecule has 1 amide bonds. The molecule has 1 aromatic heterocycles. The van der Waals surface area contributed by atoms with Crippen LogP contribution in [0, 0.1) is 17.8 Å². The van der Waals surface area contributed by atoms with Gasteiger partial charge in [0.25, 0.3) is 0 Å². The monoisotopic (exact) mass is 443 g/mol. The van der Waals surface area contributed by atoms with Gasteiger partial charge in [-0.2, -0.15) is 0 Å². The Labute approximate surface area is 191 Å². The number of piperidine rings is 3. The minimum absolute atomic E-state index is 0.0595. The molecule has 32 heavy (non-hydrogen) atoms. The largest absolute Gasteiger partial charge is 0.466 e. The molecule has 4 rings (SSSR count). The molecule has 8 heteroatoms. The minimum Gasteiger partial charge on any atom is -0.466 e. The first-order valence-corrected chi connectivity index (χ1v) is 12.3. The number of nitrogens with zero attached hydrogens (tertiary/aromatic N) is 5. The van der Waals surface area contributed by atoms with Crippen molar-refractivity contribution in [2.24, 2.45) is 17.8 Å². The molecule has 0 aliphatic carbocycles. The fourth-order valence-corrected chi connectivity index (χ4v) is 5.10.